The summed E-state index contributed by atoms with van der Waals surface area (Å²) >= 11 is 6.91. The highest BCUT2D eigenvalue weighted by Crippen LogP contribution is 2.34. The predicted molar refractivity (Wildman–Crippen MR) is 116 cm³/mol. The van der Waals surface area contributed by atoms with Crippen LogP contribution in [0.5, 0.6) is 0 Å². The molecule has 0 aliphatic heterocycles. The zero-order valence-electron chi connectivity index (χ0n) is 14.2. The van der Waals surface area contributed by atoms with Gasteiger partial charge in [-0.15, -0.1) is 0 Å². The van der Waals surface area contributed by atoms with Gasteiger partial charge in [0.2, 0.25) is 0 Å². The van der Waals surface area contributed by atoms with Crippen molar-refractivity contribution in [1.29, 1.82) is 0 Å². The van der Waals surface area contributed by atoms with E-state index in [1.165, 1.54) is 0 Å². The number of fused-ring (bicyclic) bond motifs is 1. The number of nitrogens with zero attached hydrogens (tertiary/aromatic N) is 2. The highest BCUT2D eigenvalue weighted by Gasteiger charge is 2.05. The lowest BCUT2D eigenvalue weighted by Gasteiger charge is -2.05. The first-order valence-corrected chi connectivity index (χ1v) is 9.55. The molecule has 4 N–H and O–H groups in total. The number of aryl methyl sites for hydroxylation is 1. The number of halogens is 2. The van der Waals surface area contributed by atoms with Gasteiger partial charge >= 0.3 is 0 Å². The number of para-hydroxylation sites is 1. The Balaban J connectivity index is 0.000000151. The highest BCUT2D eigenvalue weighted by atomic mass is 79.9. The molecule has 0 fully saturated rings. The molecule has 0 bridgehead atoms. The fraction of sp³-hybridized carbons (Fsp3) is 0.0500. The average Bonchev–Trinajstić information content (AvgIpc) is 2.99. The van der Waals surface area contributed by atoms with Crippen LogP contribution in [0.4, 0.5) is 11.5 Å². The fourth-order valence-corrected chi connectivity index (χ4v) is 3.94. The van der Waals surface area contributed by atoms with Gasteiger partial charge in [-0.2, -0.15) is 5.10 Å². The van der Waals surface area contributed by atoms with E-state index in [0.29, 0.717) is 5.82 Å². The van der Waals surface area contributed by atoms with E-state index < -0.39 is 0 Å². The largest absolute Gasteiger partial charge is 0.397 e. The summed E-state index contributed by atoms with van der Waals surface area (Å²) in [5, 5.41) is 6.49. The molecule has 0 spiro atoms. The van der Waals surface area contributed by atoms with Crippen molar-refractivity contribution >= 4 is 54.1 Å². The van der Waals surface area contributed by atoms with Crippen molar-refractivity contribution in [3.8, 4) is 5.69 Å². The molecule has 132 valence electrons. The maximum atomic E-state index is 5.92. The molecule has 4 rings (SSSR count). The topological polar surface area (TPSA) is 69.9 Å². The monoisotopic (exact) mass is 472 g/mol. The van der Waals surface area contributed by atoms with Crippen LogP contribution in [-0.4, -0.2) is 9.78 Å². The summed E-state index contributed by atoms with van der Waals surface area (Å²) in [7, 11) is 0. The molecule has 0 aliphatic carbocycles. The lowest BCUT2D eigenvalue weighted by molar-refractivity contribution is 0.872. The van der Waals surface area contributed by atoms with E-state index in [4.69, 9.17) is 11.5 Å². The summed E-state index contributed by atoms with van der Waals surface area (Å²) in [5.41, 5.74) is 14.4. The maximum Gasteiger partial charge on any atom is 0.127 e. The van der Waals surface area contributed by atoms with Gasteiger partial charge in [0, 0.05) is 20.4 Å². The van der Waals surface area contributed by atoms with Crippen LogP contribution < -0.4 is 11.5 Å². The SMILES string of the molecule is Cc1cc(N)n(-c2ccccc2)n1.Nc1c(Br)cc(Br)c2ccccc12. The Morgan fingerprint density at radius 1 is 0.808 bits per heavy atom. The second-order valence-corrected chi connectivity index (χ2v) is 7.47. The normalized spacial score (nSPS) is 10.4. The number of nitrogens with two attached hydrogens (primary N) is 2. The number of hydrogen-bond donors (Lipinski definition) is 2. The first-order chi connectivity index (χ1) is 12.5. The molecule has 1 heterocycles. The minimum absolute atomic E-state index is 0.670. The molecule has 0 atom stereocenters. The first-order valence-electron chi connectivity index (χ1n) is 7.97. The Morgan fingerprint density at radius 3 is 2.04 bits per heavy atom. The van der Waals surface area contributed by atoms with Gasteiger partial charge in [-0.3, -0.25) is 0 Å². The summed E-state index contributed by atoms with van der Waals surface area (Å²) in [5.74, 6) is 0.670. The van der Waals surface area contributed by atoms with E-state index in [1.54, 1.807) is 4.68 Å². The van der Waals surface area contributed by atoms with E-state index in [2.05, 4.69) is 37.0 Å². The van der Waals surface area contributed by atoms with Gasteiger partial charge in [0.1, 0.15) is 5.82 Å². The first kappa shape index (κ1) is 18.5. The van der Waals surface area contributed by atoms with Crippen LogP contribution in [-0.2, 0) is 0 Å². The fourth-order valence-electron chi connectivity index (χ4n) is 2.62. The standard InChI is InChI=1S/C10H7Br2N.C10H11N3/c11-8-5-9(12)10(13)7-4-2-1-3-6(7)8;1-8-7-10(11)13(12-8)9-5-3-2-4-6-9/h1-5H,13H2;2-7H,11H2,1H3. The molecule has 1 aromatic heterocycles. The van der Waals surface area contributed by atoms with Crippen molar-refractivity contribution in [2.75, 3.05) is 11.5 Å². The Bertz CT molecular complexity index is 1040. The van der Waals surface area contributed by atoms with Gasteiger partial charge in [0.25, 0.3) is 0 Å². The van der Waals surface area contributed by atoms with Gasteiger partial charge in [0.05, 0.1) is 17.1 Å². The third-order valence-electron chi connectivity index (χ3n) is 3.85. The van der Waals surface area contributed by atoms with E-state index in [9.17, 15) is 0 Å². The summed E-state index contributed by atoms with van der Waals surface area (Å²) in [6, 6.07) is 21.7. The van der Waals surface area contributed by atoms with Crippen LogP contribution in [0, 0.1) is 6.92 Å². The van der Waals surface area contributed by atoms with Gasteiger partial charge in [-0.05, 0) is 46.4 Å². The van der Waals surface area contributed by atoms with Crippen molar-refractivity contribution in [3.63, 3.8) is 0 Å². The Hall–Kier alpha value is -2.31. The average molecular weight is 474 g/mol. The predicted octanol–water partition coefficient (Wildman–Crippen LogP) is 5.71. The molecule has 4 aromatic rings. The van der Waals surface area contributed by atoms with Crippen molar-refractivity contribution in [2.45, 2.75) is 6.92 Å². The van der Waals surface area contributed by atoms with Crippen LogP contribution in [0.15, 0.2) is 75.7 Å². The van der Waals surface area contributed by atoms with Crippen LogP contribution in [0.3, 0.4) is 0 Å². The minimum Gasteiger partial charge on any atom is -0.397 e. The third kappa shape index (κ3) is 3.92. The maximum absolute atomic E-state index is 5.92. The molecule has 4 nitrogen and oxygen atoms in total. The van der Waals surface area contributed by atoms with Gasteiger partial charge in [-0.1, -0.05) is 58.4 Å². The van der Waals surface area contributed by atoms with Gasteiger partial charge < -0.3 is 11.5 Å². The van der Waals surface area contributed by atoms with E-state index >= 15 is 0 Å². The summed E-state index contributed by atoms with van der Waals surface area (Å²) < 4.78 is 3.72. The van der Waals surface area contributed by atoms with Gasteiger partial charge in [0.15, 0.2) is 0 Å². The third-order valence-corrected chi connectivity index (χ3v) is 5.16. The smallest absolute Gasteiger partial charge is 0.127 e. The van der Waals surface area contributed by atoms with Crippen molar-refractivity contribution in [3.05, 3.63) is 81.4 Å². The van der Waals surface area contributed by atoms with Gasteiger partial charge in [-0.25, -0.2) is 4.68 Å². The van der Waals surface area contributed by atoms with Crippen LogP contribution in [0.25, 0.3) is 16.5 Å². The van der Waals surface area contributed by atoms with Crippen LogP contribution >= 0.6 is 31.9 Å². The van der Waals surface area contributed by atoms with Crippen molar-refractivity contribution in [2.24, 2.45) is 0 Å². The molecule has 6 heteroatoms. The number of anilines is 2. The van der Waals surface area contributed by atoms with Crippen molar-refractivity contribution < 1.29 is 0 Å². The van der Waals surface area contributed by atoms with E-state index in [-0.39, 0.29) is 0 Å². The molecule has 0 unspecified atom stereocenters. The Labute approximate surface area is 169 Å². The summed E-state index contributed by atoms with van der Waals surface area (Å²) in [6.07, 6.45) is 0. The number of benzene rings is 3. The molecular formula is C20H18Br2N4. The second kappa shape index (κ2) is 7.93. The quantitative estimate of drug-likeness (QED) is 0.348. The number of hydrogen-bond acceptors (Lipinski definition) is 3. The van der Waals surface area contributed by atoms with E-state index in [0.717, 1.165) is 36.8 Å². The number of nitrogen functional groups attached to an aromatic ring is 2. The zero-order chi connectivity index (χ0) is 18.7. The van der Waals surface area contributed by atoms with E-state index in [1.807, 2.05) is 73.7 Å². The van der Waals surface area contributed by atoms with Crippen molar-refractivity contribution in [1.82, 2.24) is 9.78 Å². The molecule has 0 aliphatic rings. The molecule has 0 saturated carbocycles. The molecule has 0 saturated heterocycles. The Morgan fingerprint density at radius 2 is 1.42 bits per heavy atom. The van der Waals surface area contributed by atoms with Crippen LogP contribution in [0.2, 0.25) is 0 Å². The Kier molecular flexibility index (Phi) is 5.64. The second-order valence-electron chi connectivity index (χ2n) is 5.76. The molecular weight excluding hydrogens is 456 g/mol. The highest BCUT2D eigenvalue weighted by molar-refractivity contribution is 9.11. The summed E-state index contributed by atoms with van der Waals surface area (Å²) in [4.78, 5) is 0. The molecule has 0 radical (unpaired) electrons. The molecule has 26 heavy (non-hydrogen) atoms. The minimum atomic E-state index is 0.670. The number of rotatable bonds is 1. The molecule has 3 aromatic carbocycles. The number of aromatic nitrogens is 2. The summed E-state index contributed by atoms with van der Waals surface area (Å²) in [6.45, 7) is 1.93. The lowest BCUT2D eigenvalue weighted by atomic mass is 10.1. The lowest BCUT2D eigenvalue weighted by Crippen LogP contribution is -2.00. The zero-order valence-corrected chi connectivity index (χ0v) is 17.3. The molecule has 0 amide bonds. The van der Waals surface area contributed by atoms with Crippen LogP contribution in [0.1, 0.15) is 5.69 Å².